The molecule has 0 radical (unpaired) electrons. The monoisotopic (exact) mass is 448 g/mol. The first-order valence-electron chi connectivity index (χ1n) is 9.09. The van der Waals surface area contributed by atoms with Gasteiger partial charge in [0.2, 0.25) is 0 Å². The van der Waals surface area contributed by atoms with Crippen molar-refractivity contribution in [1.82, 2.24) is 9.55 Å². The highest BCUT2D eigenvalue weighted by Gasteiger charge is 2.18. The molecule has 2 aromatic carbocycles. The summed E-state index contributed by atoms with van der Waals surface area (Å²) in [6, 6.07) is 9.27. The molecule has 9 heteroatoms. The molecule has 0 spiro atoms. The molecule has 0 bridgehead atoms. The number of pyridine rings is 1. The Morgan fingerprint density at radius 3 is 2.83 bits per heavy atom. The van der Waals surface area contributed by atoms with Gasteiger partial charge in [0.15, 0.2) is 11.6 Å². The van der Waals surface area contributed by atoms with E-state index >= 15 is 0 Å². The van der Waals surface area contributed by atoms with Crippen LogP contribution in [0.15, 0.2) is 41.2 Å². The van der Waals surface area contributed by atoms with Crippen molar-refractivity contribution in [3.05, 3.63) is 74.0 Å². The van der Waals surface area contributed by atoms with Crippen molar-refractivity contribution in [2.75, 3.05) is 6.61 Å². The second kappa shape index (κ2) is 8.12. The number of nitrogens with zero attached hydrogens (tertiary/aromatic N) is 2. The molecule has 0 aliphatic carbocycles. The van der Waals surface area contributed by atoms with E-state index in [-0.39, 0.29) is 30.7 Å². The molecule has 2 aromatic heterocycles. The topological polar surface area (TPSA) is 61.2 Å². The van der Waals surface area contributed by atoms with E-state index in [0.717, 1.165) is 17.4 Å². The maximum Gasteiger partial charge on any atom is 0.310 e. The van der Waals surface area contributed by atoms with Crippen molar-refractivity contribution in [2.24, 2.45) is 0 Å². The van der Waals surface area contributed by atoms with Gasteiger partial charge in [-0.05, 0) is 31.2 Å². The van der Waals surface area contributed by atoms with E-state index in [0.29, 0.717) is 25.6 Å². The minimum absolute atomic E-state index is 0.00383. The molecular weight excluding hydrogens is 434 g/mol. The largest absolute Gasteiger partial charge is 0.466 e. The Morgan fingerprint density at radius 2 is 2.07 bits per heavy atom. The van der Waals surface area contributed by atoms with Crippen LogP contribution >= 0.6 is 22.9 Å². The third kappa shape index (κ3) is 3.68. The Morgan fingerprint density at radius 1 is 1.27 bits per heavy atom. The summed E-state index contributed by atoms with van der Waals surface area (Å²) in [5.41, 5.74) is 0.222. The Hall–Kier alpha value is -2.84. The molecule has 0 saturated heterocycles. The molecule has 0 aliphatic heterocycles. The lowest BCUT2D eigenvalue weighted by Gasteiger charge is -2.13. The summed E-state index contributed by atoms with van der Waals surface area (Å²) in [6.07, 6.45) is -0.186. The summed E-state index contributed by atoms with van der Waals surface area (Å²) in [5, 5.41) is 1.43. The van der Waals surface area contributed by atoms with Gasteiger partial charge >= 0.3 is 5.97 Å². The van der Waals surface area contributed by atoms with E-state index in [9.17, 15) is 18.4 Å². The summed E-state index contributed by atoms with van der Waals surface area (Å²) < 4.78 is 34.4. The van der Waals surface area contributed by atoms with Crippen molar-refractivity contribution in [2.45, 2.75) is 19.9 Å². The number of carbonyl (C=O) groups is 1. The molecule has 30 heavy (non-hydrogen) atoms. The lowest BCUT2D eigenvalue weighted by Crippen LogP contribution is -2.26. The zero-order valence-electron chi connectivity index (χ0n) is 15.7. The summed E-state index contributed by atoms with van der Waals surface area (Å²) in [6.45, 7) is 1.89. The van der Waals surface area contributed by atoms with E-state index in [4.69, 9.17) is 16.3 Å². The molecule has 0 amide bonds. The molecule has 5 nitrogen and oxygen atoms in total. The predicted octanol–water partition coefficient (Wildman–Crippen LogP) is 4.70. The lowest BCUT2D eigenvalue weighted by atomic mass is 10.1. The molecule has 2 heterocycles. The summed E-state index contributed by atoms with van der Waals surface area (Å²) in [4.78, 5) is 29.3. The normalized spacial score (nSPS) is 11.3. The van der Waals surface area contributed by atoms with Gasteiger partial charge < -0.3 is 4.74 Å². The van der Waals surface area contributed by atoms with Crippen molar-refractivity contribution in [3.63, 3.8) is 0 Å². The van der Waals surface area contributed by atoms with Crippen LogP contribution in [-0.2, 0) is 22.5 Å². The minimum Gasteiger partial charge on any atom is -0.466 e. The molecule has 4 rings (SSSR count). The quantitative estimate of drug-likeness (QED) is 0.415. The van der Waals surface area contributed by atoms with Crippen LogP contribution < -0.4 is 5.56 Å². The van der Waals surface area contributed by atoms with Crippen molar-refractivity contribution in [3.8, 4) is 0 Å². The first kappa shape index (κ1) is 20.4. The first-order valence-corrected chi connectivity index (χ1v) is 10.3. The number of aromatic nitrogens is 2. The van der Waals surface area contributed by atoms with Crippen molar-refractivity contribution < 1.29 is 18.3 Å². The summed E-state index contributed by atoms with van der Waals surface area (Å²) in [7, 11) is 0. The molecule has 0 N–H and O–H groups in total. The number of hydrogen-bond acceptors (Lipinski definition) is 5. The molecular formula is C21H15ClF2N2O3S. The second-order valence-corrected chi connectivity index (χ2v) is 8.06. The smallest absolute Gasteiger partial charge is 0.310 e. The SMILES string of the molecule is CCOC(=O)Cc1cc2cccc(Cl)c2n(Cc2nc3c(F)c(F)ccc3s2)c1=O. The van der Waals surface area contributed by atoms with Crippen LogP contribution in [0.3, 0.4) is 0 Å². The zero-order valence-corrected chi connectivity index (χ0v) is 17.3. The molecule has 4 aromatic rings. The van der Waals surface area contributed by atoms with E-state index in [1.165, 1.54) is 10.6 Å². The number of benzene rings is 2. The van der Waals surface area contributed by atoms with Gasteiger partial charge in [-0.25, -0.2) is 13.8 Å². The highest BCUT2D eigenvalue weighted by Crippen LogP contribution is 2.28. The third-order valence-corrected chi connectivity index (χ3v) is 5.88. The fraction of sp³-hybridized carbons (Fsp3) is 0.190. The van der Waals surface area contributed by atoms with Gasteiger partial charge in [-0.3, -0.25) is 14.2 Å². The maximum absolute atomic E-state index is 14.1. The van der Waals surface area contributed by atoms with Gasteiger partial charge in [-0.15, -0.1) is 11.3 Å². The molecule has 154 valence electrons. The Bertz CT molecular complexity index is 1350. The van der Waals surface area contributed by atoms with E-state index in [1.807, 2.05) is 0 Å². The van der Waals surface area contributed by atoms with Gasteiger partial charge in [0.05, 0.1) is 34.8 Å². The number of fused-ring (bicyclic) bond motifs is 2. The van der Waals surface area contributed by atoms with Crippen LogP contribution in [0.2, 0.25) is 5.02 Å². The van der Waals surface area contributed by atoms with Crippen LogP contribution in [-0.4, -0.2) is 22.1 Å². The van der Waals surface area contributed by atoms with Gasteiger partial charge in [0.25, 0.3) is 5.56 Å². The molecule has 0 saturated carbocycles. The van der Waals surface area contributed by atoms with Crippen LogP contribution in [0.4, 0.5) is 8.78 Å². The Balaban J connectivity index is 1.86. The van der Waals surface area contributed by atoms with E-state index < -0.39 is 23.2 Å². The highest BCUT2D eigenvalue weighted by molar-refractivity contribution is 7.18. The zero-order chi connectivity index (χ0) is 21.4. The van der Waals surface area contributed by atoms with Crippen LogP contribution in [0.1, 0.15) is 17.5 Å². The average molecular weight is 449 g/mol. The lowest BCUT2D eigenvalue weighted by molar-refractivity contribution is -0.142. The van der Waals surface area contributed by atoms with Crippen molar-refractivity contribution >= 4 is 50.0 Å². The minimum atomic E-state index is -1.03. The Labute approximate surface area is 178 Å². The average Bonchev–Trinajstić information content (AvgIpc) is 3.12. The number of halogens is 3. The summed E-state index contributed by atoms with van der Waals surface area (Å²) in [5.74, 6) is -2.53. The molecule has 0 unspecified atom stereocenters. The van der Waals surface area contributed by atoms with Crippen LogP contribution in [0.5, 0.6) is 0 Å². The number of rotatable bonds is 5. The predicted molar refractivity (Wildman–Crippen MR) is 112 cm³/mol. The maximum atomic E-state index is 14.1. The molecule has 0 fully saturated rings. The van der Waals surface area contributed by atoms with Crippen LogP contribution in [0.25, 0.3) is 21.1 Å². The van der Waals surface area contributed by atoms with Gasteiger partial charge in [-0.1, -0.05) is 23.7 Å². The van der Waals surface area contributed by atoms with Gasteiger partial charge in [-0.2, -0.15) is 0 Å². The summed E-state index contributed by atoms with van der Waals surface area (Å²) >= 11 is 7.51. The van der Waals surface area contributed by atoms with Crippen LogP contribution in [0, 0.1) is 11.6 Å². The van der Waals surface area contributed by atoms with E-state index in [1.54, 1.807) is 31.2 Å². The second-order valence-electron chi connectivity index (χ2n) is 6.54. The number of thiazole rings is 1. The number of hydrogen-bond donors (Lipinski definition) is 0. The van der Waals surface area contributed by atoms with Gasteiger partial charge in [0, 0.05) is 10.9 Å². The highest BCUT2D eigenvalue weighted by atomic mass is 35.5. The third-order valence-electron chi connectivity index (χ3n) is 4.57. The number of carbonyl (C=O) groups excluding carboxylic acids is 1. The fourth-order valence-electron chi connectivity index (χ4n) is 3.29. The van der Waals surface area contributed by atoms with E-state index in [2.05, 4.69) is 4.98 Å². The Kier molecular flexibility index (Phi) is 5.53. The molecule has 0 aliphatic rings. The van der Waals surface area contributed by atoms with Crippen molar-refractivity contribution in [1.29, 1.82) is 0 Å². The standard InChI is InChI=1S/C21H15ClF2N2O3S/c1-2-29-17(27)9-12-8-11-4-3-5-13(22)20(11)26(21(12)28)10-16-25-19-15(30-16)7-6-14(23)18(19)24/h3-8H,2,9-10H2,1H3. The molecule has 0 atom stereocenters. The first-order chi connectivity index (χ1) is 14.4. The van der Waals surface area contributed by atoms with Gasteiger partial charge in [0.1, 0.15) is 10.5 Å². The number of esters is 1. The number of para-hydroxylation sites is 1. The number of ether oxygens (including phenoxy) is 1. The fourth-order valence-corrected chi connectivity index (χ4v) is 4.53.